The molecule has 34 heavy (non-hydrogen) atoms. The molecule has 9 rings (SSSR count). The number of nitrogens with zero attached hydrogens (tertiary/aromatic N) is 2. The SMILES string of the molecule is c1ccc2c(c1)oc1c3c4ccccc4n4c5ccccc5sc(c5c6ccccc6n2c15)c34. The molecule has 0 saturated carbocycles. The first-order valence-electron chi connectivity index (χ1n) is 11.5. The molecule has 0 atom stereocenters. The Morgan fingerprint density at radius 2 is 1.12 bits per heavy atom. The first-order chi connectivity index (χ1) is 16.9. The van der Waals surface area contributed by atoms with Crippen molar-refractivity contribution in [3.05, 3.63) is 97.1 Å². The molecule has 0 aliphatic rings. The van der Waals surface area contributed by atoms with Gasteiger partial charge in [-0.15, -0.1) is 11.3 Å². The lowest BCUT2D eigenvalue weighted by atomic mass is 10.1. The first kappa shape index (κ1) is 17.2. The third-order valence-corrected chi connectivity index (χ3v) is 8.44. The van der Waals surface area contributed by atoms with Gasteiger partial charge in [-0.05, 0) is 36.4 Å². The average molecular weight is 453 g/mol. The van der Waals surface area contributed by atoms with E-state index in [9.17, 15) is 0 Å². The van der Waals surface area contributed by atoms with Gasteiger partial charge in [0.15, 0.2) is 11.2 Å². The lowest BCUT2D eigenvalue weighted by molar-refractivity contribution is 0.660. The lowest BCUT2D eigenvalue weighted by Crippen LogP contribution is -1.92. The number of hydrogen-bond acceptors (Lipinski definition) is 2. The van der Waals surface area contributed by atoms with Crippen molar-refractivity contribution in [3.8, 4) is 0 Å². The Kier molecular flexibility index (Phi) is 2.94. The summed E-state index contributed by atoms with van der Waals surface area (Å²) in [6, 6.07) is 34.6. The maximum Gasteiger partial charge on any atom is 0.162 e. The van der Waals surface area contributed by atoms with Crippen molar-refractivity contribution in [3.63, 3.8) is 0 Å². The summed E-state index contributed by atoms with van der Waals surface area (Å²) in [5.74, 6) is 0. The van der Waals surface area contributed by atoms with Crippen LogP contribution in [0.4, 0.5) is 0 Å². The third-order valence-electron chi connectivity index (χ3n) is 7.27. The number of rotatable bonds is 0. The van der Waals surface area contributed by atoms with Gasteiger partial charge in [-0.1, -0.05) is 60.7 Å². The van der Waals surface area contributed by atoms with Gasteiger partial charge < -0.3 is 13.2 Å². The van der Waals surface area contributed by atoms with Crippen LogP contribution in [0.15, 0.2) is 101 Å². The Morgan fingerprint density at radius 1 is 0.529 bits per heavy atom. The first-order valence-corrected chi connectivity index (χ1v) is 12.3. The van der Waals surface area contributed by atoms with Crippen LogP contribution in [-0.4, -0.2) is 8.80 Å². The van der Waals surface area contributed by atoms with Crippen molar-refractivity contribution >= 4 is 86.5 Å². The summed E-state index contributed by atoms with van der Waals surface area (Å²) >= 11 is 1.88. The molecule has 4 heterocycles. The second kappa shape index (κ2) is 5.79. The minimum Gasteiger partial charge on any atom is -0.452 e. The molecule has 0 amide bonds. The molecular weight excluding hydrogens is 436 g/mol. The fourth-order valence-corrected chi connectivity index (χ4v) is 7.21. The van der Waals surface area contributed by atoms with Crippen LogP contribution in [0.2, 0.25) is 0 Å². The highest BCUT2D eigenvalue weighted by Gasteiger charge is 2.25. The molecule has 0 saturated heterocycles. The summed E-state index contributed by atoms with van der Waals surface area (Å²) in [7, 11) is 0. The quantitative estimate of drug-likeness (QED) is 0.211. The molecular formula is C30H16N2OS. The number of fused-ring (bicyclic) bond motifs is 12. The fraction of sp³-hybridized carbons (Fsp3) is 0. The molecule has 0 spiro atoms. The van der Waals surface area contributed by atoms with E-state index in [1.54, 1.807) is 0 Å². The number of hydrogen-bond donors (Lipinski definition) is 0. The highest BCUT2D eigenvalue weighted by atomic mass is 32.1. The Morgan fingerprint density at radius 3 is 1.91 bits per heavy atom. The second-order valence-corrected chi connectivity index (χ2v) is 10.0. The largest absolute Gasteiger partial charge is 0.452 e. The molecule has 0 aliphatic carbocycles. The zero-order chi connectivity index (χ0) is 22.0. The lowest BCUT2D eigenvalue weighted by Gasteiger charge is -2.11. The molecule has 0 fully saturated rings. The zero-order valence-electron chi connectivity index (χ0n) is 17.9. The highest BCUT2D eigenvalue weighted by Crippen LogP contribution is 2.48. The Labute approximate surface area is 196 Å². The Balaban J connectivity index is 1.80. The summed E-state index contributed by atoms with van der Waals surface area (Å²) < 4.78 is 14.2. The number of benzene rings is 5. The number of aromatic nitrogens is 2. The highest BCUT2D eigenvalue weighted by molar-refractivity contribution is 7.25. The summed E-state index contributed by atoms with van der Waals surface area (Å²) in [4.78, 5) is 0. The van der Waals surface area contributed by atoms with Crippen LogP contribution in [-0.2, 0) is 0 Å². The van der Waals surface area contributed by atoms with Crippen molar-refractivity contribution in [1.82, 2.24) is 8.80 Å². The van der Waals surface area contributed by atoms with Gasteiger partial charge in [0.25, 0.3) is 0 Å². The monoisotopic (exact) mass is 452 g/mol. The van der Waals surface area contributed by atoms with Crippen LogP contribution in [0.1, 0.15) is 0 Å². The normalized spacial score (nSPS) is 12.7. The zero-order valence-corrected chi connectivity index (χ0v) is 18.8. The smallest absolute Gasteiger partial charge is 0.162 e. The van der Waals surface area contributed by atoms with Gasteiger partial charge in [0.1, 0.15) is 0 Å². The molecule has 0 bridgehead atoms. The summed E-state index contributed by atoms with van der Waals surface area (Å²) in [6.07, 6.45) is 0. The molecule has 158 valence electrons. The molecule has 4 aromatic heterocycles. The third kappa shape index (κ3) is 1.84. The molecule has 3 nitrogen and oxygen atoms in total. The van der Waals surface area contributed by atoms with Crippen LogP contribution in [0.25, 0.3) is 75.2 Å². The number of para-hydroxylation sites is 5. The minimum absolute atomic E-state index is 0.897. The van der Waals surface area contributed by atoms with Gasteiger partial charge in [0.05, 0.1) is 47.9 Å². The van der Waals surface area contributed by atoms with E-state index in [-0.39, 0.29) is 0 Å². The fourth-order valence-electron chi connectivity index (χ4n) is 5.98. The van der Waals surface area contributed by atoms with E-state index in [0.717, 1.165) is 22.2 Å². The molecule has 0 N–H and O–H groups in total. The predicted octanol–water partition coefficient (Wildman–Crippen LogP) is 8.77. The van der Waals surface area contributed by atoms with Gasteiger partial charge in [-0.2, -0.15) is 0 Å². The van der Waals surface area contributed by atoms with Gasteiger partial charge in [0.2, 0.25) is 0 Å². The van der Waals surface area contributed by atoms with E-state index in [1.807, 2.05) is 11.3 Å². The molecule has 0 radical (unpaired) electrons. The predicted molar refractivity (Wildman–Crippen MR) is 144 cm³/mol. The van der Waals surface area contributed by atoms with E-state index >= 15 is 0 Å². The van der Waals surface area contributed by atoms with Crippen molar-refractivity contribution in [1.29, 1.82) is 0 Å². The molecule has 0 aliphatic heterocycles. The van der Waals surface area contributed by atoms with Crippen LogP contribution < -0.4 is 0 Å². The van der Waals surface area contributed by atoms with Crippen molar-refractivity contribution < 1.29 is 4.42 Å². The Bertz CT molecular complexity index is 2130. The van der Waals surface area contributed by atoms with Crippen LogP contribution >= 0.6 is 11.3 Å². The van der Waals surface area contributed by atoms with E-state index < -0.39 is 0 Å². The van der Waals surface area contributed by atoms with Crippen molar-refractivity contribution in [2.75, 3.05) is 0 Å². The summed E-state index contributed by atoms with van der Waals surface area (Å²) in [6.45, 7) is 0. The van der Waals surface area contributed by atoms with Crippen LogP contribution in [0.3, 0.4) is 0 Å². The summed E-state index contributed by atoms with van der Waals surface area (Å²) in [5.41, 5.74) is 9.02. The molecule has 4 heteroatoms. The van der Waals surface area contributed by atoms with E-state index in [4.69, 9.17) is 4.42 Å². The maximum absolute atomic E-state index is 6.78. The van der Waals surface area contributed by atoms with Gasteiger partial charge in [0, 0.05) is 16.2 Å². The molecule has 0 unspecified atom stereocenters. The van der Waals surface area contributed by atoms with E-state index in [2.05, 4.69) is 106 Å². The van der Waals surface area contributed by atoms with Crippen molar-refractivity contribution in [2.45, 2.75) is 0 Å². The van der Waals surface area contributed by atoms with Crippen LogP contribution in [0.5, 0.6) is 0 Å². The topological polar surface area (TPSA) is 22.0 Å². The second-order valence-electron chi connectivity index (χ2n) is 8.95. The maximum atomic E-state index is 6.78. The van der Waals surface area contributed by atoms with E-state index in [0.29, 0.717) is 0 Å². The van der Waals surface area contributed by atoms with Crippen LogP contribution in [0, 0.1) is 0 Å². The Hall–Kier alpha value is -4.28. The minimum atomic E-state index is 0.897. The van der Waals surface area contributed by atoms with Gasteiger partial charge in [-0.3, -0.25) is 0 Å². The van der Waals surface area contributed by atoms with Gasteiger partial charge >= 0.3 is 0 Å². The summed E-state index contributed by atoms with van der Waals surface area (Å²) in [5, 5.41) is 4.96. The average Bonchev–Trinajstić information content (AvgIpc) is 3.43. The van der Waals surface area contributed by atoms with E-state index in [1.165, 1.54) is 53.0 Å². The molecule has 9 aromatic rings. The molecule has 5 aromatic carbocycles. The van der Waals surface area contributed by atoms with Crippen molar-refractivity contribution in [2.24, 2.45) is 0 Å². The standard InChI is InChI=1S/C30H16N2OS/c1-3-11-19-17(9-1)25-28-30(34-24-16-8-6-14-22(24)32(19)28)26-18-10-2-4-12-20(18)31-21-13-5-7-15-23(21)33-29(25)27(26)31/h1-16H. The van der Waals surface area contributed by atoms with Gasteiger partial charge in [-0.25, -0.2) is 0 Å².